The first kappa shape index (κ1) is 11.9. The van der Waals surface area contributed by atoms with Crippen LogP contribution in [0.5, 0.6) is 0 Å². The van der Waals surface area contributed by atoms with Gasteiger partial charge in [-0.1, -0.05) is 0 Å². The molecule has 1 heterocycles. The van der Waals surface area contributed by atoms with E-state index < -0.39 is 0 Å². The minimum Gasteiger partial charge on any atom is -0.397 e. The molecule has 0 saturated carbocycles. The minimum atomic E-state index is -0.232. The number of hydrogen-bond donors (Lipinski definition) is 2. The van der Waals surface area contributed by atoms with Crippen molar-refractivity contribution in [3.05, 3.63) is 21.5 Å². The van der Waals surface area contributed by atoms with Gasteiger partial charge in [0.25, 0.3) is 0 Å². The summed E-state index contributed by atoms with van der Waals surface area (Å²) in [6.45, 7) is 1.51. The molecule has 1 saturated heterocycles. The lowest BCUT2D eigenvalue weighted by atomic mass is 10.1. The lowest BCUT2D eigenvalue weighted by Crippen LogP contribution is -2.28. The number of nitrogen functional groups attached to an aromatic ring is 1. The third kappa shape index (κ3) is 2.76. The summed E-state index contributed by atoms with van der Waals surface area (Å²) in [4.78, 5) is 0. The molecule has 1 aliphatic heterocycles. The highest BCUT2D eigenvalue weighted by Crippen LogP contribution is 2.26. The Morgan fingerprint density at radius 3 is 2.75 bits per heavy atom. The molecule has 0 aromatic heterocycles. The van der Waals surface area contributed by atoms with Crippen molar-refractivity contribution in [1.82, 2.24) is 0 Å². The molecule has 0 unspecified atom stereocenters. The summed E-state index contributed by atoms with van der Waals surface area (Å²) in [6, 6.07) is 3.44. The van der Waals surface area contributed by atoms with Crippen molar-refractivity contribution in [2.24, 2.45) is 0 Å². The summed E-state index contributed by atoms with van der Waals surface area (Å²) in [5.74, 6) is -0.232. The van der Waals surface area contributed by atoms with Crippen LogP contribution in [-0.4, -0.2) is 19.3 Å². The van der Waals surface area contributed by atoms with Crippen molar-refractivity contribution in [1.29, 1.82) is 0 Å². The topological polar surface area (TPSA) is 47.3 Å². The molecule has 1 aliphatic rings. The second-order valence-electron chi connectivity index (χ2n) is 3.88. The number of halogens is 2. The first-order valence-electron chi connectivity index (χ1n) is 5.25. The van der Waals surface area contributed by atoms with Gasteiger partial charge in [-0.05, 0) is 41.5 Å². The highest BCUT2D eigenvalue weighted by molar-refractivity contribution is 14.1. The van der Waals surface area contributed by atoms with Gasteiger partial charge in [0.15, 0.2) is 0 Å². The maximum atomic E-state index is 13.4. The molecule has 0 aliphatic carbocycles. The van der Waals surface area contributed by atoms with E-state index in [1.165, 1.54) is 6.07 Å². The Labute approximate surface area is 108 Å². The smallest absolute Gasteiger partial charge is 0.138 e. The summed E-state index contributed by atoms with van der Waals surface area (Å²) in [7, 11) is 0. The molecule has 0 atom stereocenters. The van der Waals surface area contributed by atoms with Gasteiger partial charge in [0, 0.05) is 25.3 Å². The highest BCUT2D eigenvalue weighted by Gasteiger charge is 2.15. The first-order valence-corrected chi connectivity index (χ1v) is 6.33. The van der Waals surface area contributed by atoms with E-state index in [1.54, 1.807) is 6.07 Å². The Bertz CT molecular complexity index is 380. The number of anilines is 2. The number of hydrogen-bond acceptors (Lipinski definition) is 3. The predicted octanol–water partition coefficient (Wildman–Crippen LogP) is 2.60. The van der Waals surface area contributed by atoms with Gasteiger partial charge >= 0.3 is 0 Å². The van der Waals surface area contributed by atoms with Crippen LogP contribution >= 0.6 is 22.6 Å². The van der Waals surface area contributed by atoms with Crippen molar-refractivity contribution in [2.45, 2.75) is 18.9 Å². The third-order valence-corrected chi connectivity index (χ3v) is 3.50. The van der Waals surface area contributed by atoms with Crippen LogP contribution in [0.2, 0.25) is 0 Å². The molecule has 5 heteroatoms. The number of ether oxygens (including phenoxy) is 1. The van der Waals surface area contributed by atoms with Gasteiger partial charge in [-0.15, -0.1) is 0 Å². The van der Waals surface area contributed by atoms with Crippen LogP contribution in [-0.2, 0) is 4.74 Å². The molecule has 0 spiro atoms. The average molecular weight is 336 g/mol. The quantitative estimate of drug-likeness (QED) is 0.645. The van der Waals surface area contributed by atoms with E-state index in [9.17, 15) is 4.39 Å². The van der Waals surface area contributed by atoms with Gasteiger partial charge in [-0.25, -0.2) is 4.39 Å². The lowest BCUT2D eigenvalue weighted by Gasteiger charge is -2.24. The first-order chi connectivity index (χ1) is 7.66. The summed E-state index contributed by atoms with van der Waals surface area (Å²) in [6.07, 6.45) is 1.88. The van der Waals surface area contributed by atoms with E-state index in [-0.39, 0.29) is 5.82 Å². The molecule has 1 fully saturated rings. The van der Waals surface area contributed by atoms with Crippen LogP contribution < -0.4 is 11.1 Å². The normalized spacial score (nSPS) is 17.4. The third-order valence-electron chi connectivity index (χ3n) is 2.67. The van der Waals surface area contributed by atoms with Crippen molar-refractivity contribution in [3.63, 3.8) is 0 Å². The molecule has 3 nitrogen and oxygen atoms in total. The standard InChI is InChI=1S/C11H14FIN2O/c12-8-5-11(10(14)6-9(8)13)15-7-1-3-16-4-2-7/h5-7,15H,1-4,14H2. The van der Waals surface area contributed by atoms with Gasteiger partial charge < -0.3 is 15.8 Å². The second-order valence-corrected chi connectivity index (χ2v) is 5.05. The van der Waals surface area contributed by atoms with E-state index in [0.717, 1.165) is 26.1 Å². The molecule has 2 rings (SSSR count). The Hall–Kier alpha value is -0.560. The summed E-state index contributed by atoms with van der Waals surface area (Å²) >= 11 is 1.93. The van der Waals surface area contributed by atoms with Crippen molar-refractivity contribution in [3.8, 4) is 0 Å². The summed E-state index contributed by atoms with van der Waals surface area (Å²) < 4.78 is 19.2. The fraction of sp³-hybridized carbons (Fsp3) is 0.455. The lowest BCUT2D eigenvalue weighted by molar-refractivity contribution is 0.0904. The zero-order chi connectivity index (χ0) is 11.5. The molecule has 16 heavy (non-hydrogen) atoms. The molecule has 0 radical (unpaired) electrons. The van der Waals surface area contributed by atoms with Crippen LogP contribution in [0, 0.1) is 9.39 Å². The van der Waals surface area contributed by atoms with Gasteiger partial charge in [0.2, 0.25) is 0 Å². The highest BCUT2D eigenvalue weighted by atomic mass is 127. The number of nitrogens with one attached hydrogen (secondary N) is 1. The molecule has 0 amide bonds. The van der Waals surface area contributed by atoms with Crippen LogP contribution in [0.3, 0.4) is 0 Å². The Morgan fingerprint density at radius 1 is 1.38 bits per heavy atom. The minimum absolute atomic E-state index is 0.232. The van der Waals surface area contributed by atoms with Gasteiger partial charge in [-0.2, -0.15) is 0 Å². The zero-order valence-electron chi connectivity index (χ0n) is 8.80. The van der Waals surface area contributed by atoms with Gasteiger partial charge in [-0.3, -0.25) is 0 Å². The maximum absolute atomic E-state index is 13.4. The van der Waals surface area contributed by atoms with Crippen molar-refractivity contribution < 1.29 is 9.13 Å². The molecule has 1 aromatic carbocycles. The Morgan fingerprint density at radius 2 is 2.06 bits per heavy atom. The van der Waals surface area contributed by atoms with Crippen molar-refractivity contribution in [2.75, 3.05) is 24.3 Å². The molecule has 1 aromatic rings. The van der Waals surface area contributed by atoms with Crippen LogP contribution in [0.25, 0.3) is 0 Å². The number of rotatable bonds is 2. The second kappa shape index (κ2) is 5.18. The zero-order valence-corrected chi connectivity index (χ0v) is 11.0. The van der Waals surface area contributed by atoms with E-state index in [4.69, 9.17) is 10.5 Å². The van der Waals surface area contributed by atoms with E-state index in [0.29, 0.717) is 21.0 Å². The van der Waals surface area contributed by atoms with Crippen LogP contribution in [0.15, 0.2) is 12.1 Å². The van der Waals surface area contributed by atoms with E-state index >= 15 is 0 Å². The fourth-order valence-corrected chi connectivity index (χ4v) is 2.24. The molecule has 0 bridgehead atoms. The maximum Gasteiger partial charge on any atom is 0.138 e. The van der Waals surface area contributed by atoms with Crippen LogP contribution in [0.1, 0.15) is 12.8 Å². The van der Waals surface area contributed by atoms with Crippen LogP contribution in [0.4, 0.5) is 15.8 Å². The summed E-state index contributed by atoms with van der Waals surface area (Å²) in [5, 5.41) is 3.27. The fourth-order valence-electron chi connectivity index (χ4n) is 1.75. The van der Waals surface area contributed by atoms with Gasteiger partial charge in [0.05, 0.1) is 14.9 Å². The molecule has 88 valence electrons. The molecular weight excluding hydrogens is 322 g/mol. The summed E-state index contributed by atoms with van der Waals surface area (Å²) in [5.41, 5.74) is 7.12. The molecule has 3 N–H and O–H groups in total. The average Bonchev–Trinajstić information content (AvgIpc) is 2.27. The Kier molecular flexibility index (Phi) is 3.86. The number of nitrogens with two attached hydrogens (primary N) is 1. The monoisotopic (exact) mass is 336 g/mol. The molecular formula is C11H14FIN2O. The largest absolute Gasteiger partial charge is 0.397 e. The predicted molar refractivity (Wildman–Crippen MR) is 71.0 cm³/mol. The van der Waals surface area contributed by atoms with E-state index in [2.05, 4.69) is 5.32 Å². The SMILES string of the molecule is Nc1cc(I)c(F)cc1NC1CCOCC1. The van der Waals surface area contributed by atoms with E-state index in [1.807, 2.05) is 22.6 Å². The van der Waals surface area contributed by atoms with Gasteiger partial charge in [0.1, 0.15) is 5.82 Å². The Balaban J connectivity index is 2.11. The van der Waals surface area contributed by atoms with Crippen molar-refractivity contribution >= 4 is 34.0 Å². The number of benzene rings is 1.